The summed E-state index contributed by atoms with van der Waals surface area (Å²) in [6.45, 7) is 5.36. The van der Waals surface area contributed by atoms with Crippen molar-refractivity contribution in [3.8, 4) is 11.4 Å². The van der Waals surface area contributed by atoms with E-state index in [4.69, 9.17) is 9.47 Å². The highest BCUT2D eigenvalue weighted by atomic mass is 16.6. The largest absolute Gasteiger partial charge is 0.465 e. The van der Waals surface area contributed by atoms with Crippen LogP contribution in [0.2, 0.25) is 0 Å². The molecule has 158 valence electrons. The molecular formula is C23H21N3O5. The van der Waals surface area contributed by atoms with Crippen molar-refractivity contribution in [1.82, 2.24) is 14.8 Å². The molecule has 2 aromatic carbocycles. The maximum Gasteiger partial charge on any atom is 0.419 e. The molecule has 8 heteroatoms. The Bertz CT molecular complexity index is 1340. The van der Waals surface area contributed by atoms with E-state index in [-0.39, 0.29) is 0 Å². The van der Waals surface area contributed by atoms with Crippen LogP contribution in [-0.4, -0.2) is 45.8 Å². The summed E-state index contributed by atoms with van der Waals surface area (Å²) in [6, 6.07) is 11.8. The number of nitrogens with one attached hydrogen (secondary N) is 1. The monoisotopic (exact) mass is 419 g/mol. The van der Waals surface area contributed by atoms with Crippen molar-refractivity contribution in [1.29, 1.82) is 0 Å². The molecule has 31 heavy (non-hydrogen) atoms. The normalized spacial score (nSPS) is 11.6. The van der Waals surface area contributed by atoms with Crippen LogP contribution in [0.1, 0.15) is 41.5 Å². The predicted molar refractivity (Wildman–Crippen MR) is 115 cm³/mol. The van der Waals surface area contributed by atoms with Crippen molar-refractivity contribution in [3.05, 3.63) is 53.6 Å². The summed E-state index contributed by atoms with van der Waals surface area (Å²) in [4.78, 5) is 36.4. The van der Waals surface area contributed by atoms with Crippen LogP contribution in [0.4, 0.5) is 4.79 Å². The van der Waals surface area contributed by atoms with Crippen LogP contribution in [0.3, 0.4) is 0 Å². The zero-order valence-electron chi connectivity index (χ0n) is 17.6. The molecule has 1 N–H and O–H groups in total. The van der Waals surface area contributed by atoms with Crippen LogP contribution in [-0.2, 0) is 9.47 Å². The van der Waals surface area contributed by atoms with Crippen molar-refractivity contribution in [2.24, 2.45) is 0 Å². The zero-order valence-corrected chi connectivity index (χ0v) is 17.6. The van der Waals surface area contributed by atoms with E-state index >= 15 is 0 Å². The minimum absolute atomic E-state index is 0.362. The molecule has 0 aliphatic heterocycles. The number of fused-ring (bicyclic) bond motifs is 2. The molecule has 4 aromatic rings. The number of aromatic nitrogens is 3. The van der Waals surface area contributed by atoms with E-state index in [0.717, 1.165) is 6.29 Å². The molecule has 0 unspecified atom stereocenters. The molecule has 2 heterocycles. The van der Waals surface area contributed by atoms with Gasteiger partial charge in [0.1, 0.15) is 17.6 Å². The molecule has 0 aliphatic rings. The molecule has 4 rings (SSSR count). The number of ether oxygens (including phenoxy) is 2. The molecule has 0 saturated carbocycles. The molecule has 0 saturated heterocycles. The average molecular weight is 419 g/mol. The summed E-state index contributed by atoms with van der Waals surface area (Å²) in [5, 5.41) is 8.65. The number of hydrogen-bond donors (Lipinski definition) is 1. The van der Waals surface area contributed by atoms with Crippen LogP contribution < -0.4 is 0 Å². The number of carbonyl (C=O) groups excluding carboxylic acids is 3. The lowest BCUT2D eigenvalue weighted by Crippen LogP contribution is -2.27. The molecule has 0 aliphatic carbocycles. The lowest BCUT2D eigenvalue weighted by Gasteiger charge is -2.20. The van der Waals surface area contributed by atoms with Crippen LogP contribution in [0.25, 0.3) is 33.2 Å². The Morgan fingerprint density at radius 2 is 1.87 bits per heavy atom. The number of aromatic amines is 1. The first-order chi connectivity index (χ1) is 14.7. The first kappa shape index (κ1) is 20.3. The number of benzene rings is 2. The molecule has 0 fully saturated rings. The molecular weight excluding hydrogens is 398 g/mol. The minimum Gasteiger partial charge on any atom is -0.465 e. The maximum atomic E-state index is 13.1. The Balaban J connectivity index is 1.98. The third-order valence-corrected chi connectivity index (χ3v) is 4.76. The molecule has 0 atom stereocenters. The highest BCUT2D eigenvalue weighted by Crippen LogP contribution is 2.33. The number of rotatable bonds is 3. The fraction of sp³-hybridized carbons (Fsp3) is 0.217. The van der Waals surface area contributed by atoms with Crippen molar-refractivity contribution in [3.63, 3.8) is 0 Å². The number of H-pyrrole nitrogens is 1. The third kappa shape index (κ3) is 3.68. The number of carbonyl (C=O) groups is 3. The summed E-state index contributed by atoms with van der Waals surface area (Å²) < 4.78 is 11.9. The van der Waals surface area contributed by atoms with Crippen molar-refractivity contribution < 1.29 is 23.9 Å². The molecule has 0 spiro atoms. The van der Waals surface area contributed by atoms with Crippen molar-refractivity contribution in [2.75, 3.05) is 7.11 Å². The third-order valence-electron chi connectivity index (χ3n) is 4.76. The summed E-state index contributed by atoms with van der Waals surface area (Å²) in [5.41, 5.74) is 2.35. The lowest BCUT2D eigenvalue weighted by atomic mass is 10.1. The maximum absolute atomic E-state index is 13.1. The van der Waals surface area contributed by atoms with Gasteiger partial charge in [-0.2, -0.15) is 5.10 Å². The van der Waals surface area contributed by atoms with Gasteiger partial charge in [-0.3, -0.25) is 9.89 Å². The van der Waals surface area contributed by atoms with Gasteiger partial charge >= 0.3 is 12.1 Å². The second-order valence-electron chi connectivity index (χ2n) is 8.11. The Morgan fingerprint density at radius 3 is 2.55 bits per heavy atom. The summed E-state index contributed by atoms with van der Waals surface area (Å²) >= 11 is 0. The van der Waals surface area contributed by atoms with E-state index in [1.54, 1.807) is 63.2 Å². The molecule has 8 nitrogen and oxygen atoms in total. The van der Waals surface area contributed by atoms with E-state index in [1.165, 1.54) is 11.7 Å². The average Bonchev–Trinajstić information content (AvgIpc) is 3.31. The Labute approximate surface area is 177 Å². The number of nitrogens with zero attached hydrogens (tertiary/aromatic N) is 2. The van der Waals surface area contributed by atoms with Gasteiger partial charge in [-0.15, -0.1) is 0 Å². The smallest absolute Gasteiger partial charge is 0.419 e. The molecule has 0 amide bonds. The molecule has 2 aromatic heterocycles. The van der Waals surface area contributed by atoms with Gasteiger partial charge in [0.05, 0.1) is 29.4 Å². The quantitative estimate of drug-likeness (QED) is 0.385. The van der Waals surface area contributed by atoms with Crippen LogP contribution in [0.15, 0.2) is 42.5 Å². The Hall–Kier alpha value is -3.94. The van der Waals surface area contributed by atoms with Crippen LogP contribution >= 0.6 is 0 Å². The van der Waals surface area contributed by atoms with Gasteiger partial charge in [0.2, 0.25) is 0 Å². The lowest BCUT2D eigenvalue weighted by molar-refractivity contribution is 0.0545. The van der Waals surface area contributed by atoms with E-state index in [1.807, 2.05) is 0 Å². The number of methoxy groups -OCH3 is 1. The topological polar surface area (TPSA) is 103 Å². The first-order valence-electron chi connectivity index (χ1n) is 9.62. The van der Waals surface area contributed by atoms with E-state index in [9.17, 15) is 14.4 Å². The van der Waals surface area contributed by atoms with Gasteiger partial charge in [0.15, 0.2) is 0 Å². The number of esters is 1. The number of hydrogen-bond acceptors (Lipinski definition) is 6. The zero-order chi connectivity index (χ0) is 22.3. The molecule has 0 radical (unpaired) electrons. The second-order valence-corrected chi connectivity index (χ2v) is 8.11. The van der Waals surface area contributed by atoms with Gasteiger partial charge in [0, 0.05) is 16.3 Å². The first-order valence-corrected chi connectivity index (χ1v) is 9.62. The SMILES string of the molecule is COC(=O)c1ccc2[nH]nc(-c3cc4cc(C=O)ccc4n3C(=O)OC(C)(C)C)c2c1. The summed E-state index contributed by atoms with van der Waals surface area (Å²) in [6.07, 6.45) is 0.174. The Kier molecular flexibility index (Phi) is 4.85. The predicted octanol–water partition coefficient (Wildman–Crippen LogP) is 4.57. The van der Waals surface area contributed by atoms with Gasteiger partial charge in [-0.25, -0.2) is 14.2 Å². The Morgan fingerprint density at radius 1 is 1.10 bits per heavy atom. The van der Waals surface area contributed by atoms with Gasteiger partial charge in [-0.1, -0.05) is 0 Å². The molecule has 0 bridgehead atoms. The van der Waals surface area contributed by atoms with Crippen LogP contribution in [0, 0.1) is 0 Å². The fourth-order valence-corrected chi connectivity index (χ4v) is 3.44. The minimum atomic E-state index is -0.709. The van der Waals surface area contributed by atoms with Crippen LogP contribution in [0.5, 0.6) is 0 Å². The van der Waals surface area contributed by atoms with E-state index in [0.29, 0.717) is 44.3 Å². The van der Waals surface area contributed by atoms with E-state index < -0.39 is 17.7 Å². The van der Waals surface area contributed by atoms with Crippen molar-refractivity contribution in [2.45, 2.75) is 26.4 Å². The van der Waals surface area contributed by atoms with Gasteiger partial charge < -0.3 is 9.47 Å². The number of aldehydes is 1. The summed E-state index contributed by atoms with van der Waals surface area (Å²) in [7, 11) is 1.31. The van der Waals surface area contributed by atoms with E-state index in [2.05, 4.69) is 10.2 Å². The van der Waals surface area contributed by atoms with Gasteiger partial charge in [-0.05, 0) is 63.2 Å². The highest BCUT2D eigenvalue weighted by Gasteiger charge is 2.25. The second kappa shape index (κ2) is 7.39. The van der Waals surface area contributed by atoms with Crippen molar-refractivity contribution >= 4 is 40.2 Å². The standard InChI is InChI=1S/C23H21N3O5/c1-23(2,3)31-22(29)26-18-8-5-13(12-27)9-15(18)11-19(26)20-16-10-14(21(28)30-4)6-7-17(16)24-25-20/h5-12H,1-4H3,(H,24,25). The highest BCUT2D eigenvalue weighted by molar-refractivity contribution is 6.04. The fourth-order valence-electron chi connectivity index (χ4n) is 3.44. The van der Waals surface area contributed by atoms with Gasteiger partial charge in [0.25, 0.3) is 0 Å². The summed E-state index contributed by atoms with van der Waals surface area (Å²) in [5.74, 6) is -0.475.